The third-order valence-electron chi connectivity index (χ3n) is 5.04. The van der Waals surface area contributed by atoms with Crippen LogP contribution in [-0.4, -0.2) is 55.8 Å². The van der Waals surface area contributed by atoms with Gasteiger partial charge in [0.25, 0.3) is 0 Å². The van der Waals surface area contributed by atoms with Crippen molar-refractivity contribution in [3.05, 3.63) is 54.4 Å². The number of anilines is 3. The van der Waals surface area contributed by atoms with Crippen molar-refractivity contribution in [2.45, 2.75) is 6.92 Å². The van der Waals surface area contributed by atoms with E-state index in [0.717, 1.165) is 60.0 Å². The van der Waals surface area contributed by atoms with Gasteiger partial charge in [0, 0.05) is 36.9 Å². The number of hydrogen-bond donors (Lipinski definition) is 1. The van der Waals surface area contributed by atoms with Crippen molar-refractivity contribution in [2.75, 3.05) is 55.0 Å². The van der Waals surface area contributed by atoms with E-state index in [2.05, 4.69) is 20.2 Å². The zero-order chi connectivity index (χ0) is 20.2. The van der Waals surface area contributed by atoms with Crippen LogP contribution in [0, 0.1) is 6.92 Å². The fourth-order valence-corrected chi connectivity index (χ4v) is 3.53. The van der Waals surface area contributed by atoms with Gasteiger partial charge in [-0.15, -0.1) is 0 Å². The first kappa shape index (κ1) is 19.1. The Kier molecular flexibility index (Phi) is 5.57. The first-order chi connectivity index (χ1) is 14.1. The SMILES string of the molecule is Cc1ccc2ncnc(N(C)CC(=O)Nc3ccc(N4CCOCC4)cc3)c2c1. The van der Waals surface area contributed by atoms with Crippen LogP contribution in [0.5, 0.6) is 0 Å². The van der Waals surface area contributed by atoms with Crippen LogP contribution in [0.3, 0.4) is 0 Å². The zero-order valence-corrected chi connectivity index (χ0v) is 16.8. The molecule has 1 amide bonds. The van der Waals surface area contributed by atoms with E-state index in [1.165, 1.54) is 6.33 Å². The molecule has 0 bridgehead atoms. The zero-order valence-electron chi connectivity index (χ0n) is 16.8. The van der Waals surface area contributed by atoms with Crippen LogP contribution < -0.4 is 15.1 Å². The number of carbonyl (C=O) groups excluding carboxylic acids is 1. The molecule has 1 aliphatic rings. The molecule has 1 saturated heterocycles. The average molecular weight is 391 g/mol. The van der Waals surface area contributed by atoms with E-state index in [9.17, 15) is 4.79 Å². The maximum absolute atomic E-state index is 12.6. The van der Waals surface area contributed by atoms with Gasteiger partial charge in [0.15, 0.2) is 0 Å². The Hall–Kier alpha value is -3.19. The molecule has 0 unspecified atom stereocenters. The molecule has 29 heavy (non-hydrogen) atoms. The van der Waals surface area contributed by atoms with Crippen LogP contribution in [0.25, 0.3) is 10.9 Å². The standard InChI is InChI=1S/C22H25N5O2/c1-16-3-8-20-19(13-16)22(24-15-23-20)26(2)14-21(28)25-17-4-6-18(7-5-17)27-9-11-29-12-10-27/h3-8,13,15H,9-12,14H2,1-2H3,(H,25,28). The van der Waals surface area contributed by atoms with E-state index in [1.54, 1.807) is 0 Å². The van der Waals surface area contributed by atoms with Gasteiger partial charge in [-0.25, -0.2) is 9.97 Å². The Morgan fingerprint density at radius 1 is 1.14 bits per heavy atom. The van der Waals surface area contributed by atoms with Gasteiger partial charge >= 0.3 is 0 Å². The average Bonchev–Trinajstić information content (AvgIpc) is 2.74. The third kappa shape index (κ3) is 4.46. The second kappa shape index (κ2) is 8.45. The molecule has 1 N–H and O–H groups in total. The first-order valence-electron chi connectivity index (χ1n) is 9.75. The molecule has 4 rings (SSSR count). The highest BCUT2D eigenvalue weighted by Crippen LogP contribution is 2.23. The number of rotatable bonds is 5. The smallest absolute Gasteiger partial charge is 0.243 e. The lowest BCUT2D eigenvalue weighted by Gasteiger charge is -2.29. The molecule has 2 heterocycles. The predicted octanol–water partition coefficient (Wildman–Crippen LogP) is 2.85. The molecular formula is C22H25N5O2. The summed E-state index contributed by atoms with van der Waals surface area (Å²) in [6.45, 7) is 5.52. The van der Waals surface area contributed by atoms with E-state index < -0.39 is 0 Å². The minimum atomic E-state index is -0.0916. The van der Waals surface area contributed by atoms with Crippen molar-refractivity contribution in [1.29, 1.82) is 0 Å². The maximum atomic E-state index is 12.6. The van der Waals surface area contributed by atoms with Crippen LogP contribution in [-0.2, 0) is 9.53 Å². The van der Waals surface area contributed by atoms with Crippen molar-refractivity contribution in [2.24, 2.45) is 0 Å². The predicted molar refractivity (Wildman–Crippen MR) is 116 cm³/mol. The van der Waals surface area contributed by atoms with E-state index in [-0.39, 0.29) is 12.5 Å². The Labute approximate surface area is 170 Å². The molecule has 1 aromatic heterocycles. The second-order valence-corrected chi connectivity index (χ2v) is 7.27. The molecule has 3 aromatic rings. The number of aromatic nitrogens is 2. The Bertz CT molecular complexity index is 1000. The highest BCUT2D eigenvalue weighted by Gasteiger charge is 2.14. The van der Waals surface area contributed by atoms with Gasteiger partial charge in [-0.1, -0.05) is 11.6 Å². The van der Waals surface area contributed by atoms with Crippen molar-refractivity contribution < 1.29 is 9.53 Å². The Morgan fingerprint density at radius 2 is 1.90 bits per heavy atom. The fraction of sp³-hybridized carbons (Fsp3) is 0.318. The lowest BCUT2D eigenvalue weighted by atomic mass is 10.1. The number of morpholine rings is 1. The Balaban J connectivity index is 1.41. The number of nitrogens with zero attached hydrogens (tertiary/aromatic N) is 4. The number of carbonyl (C=O) groups is 1. The lowest BCUT2D eigenvalue weighted by Crippen LogP contribution is -2.36. The van der Waals surface area contributed by atoms with Crippen molar-refractivity contribution in [3.8, 4) is 0 Å². The van der Waals surface area contributed by atoms with Crippen LogP contribution in [0.2, 0.25) is 0 Å². The highest BCUT2D eigenvalue weighted by molar-refractivity contribution is 5.96. The van der Waals surface area contributed by atoms with Crippen molar-refractivity contribution >= 4 is 34.0 Å². The molecule has 7 heteroatoms. The molecule has 0 aliphatic carbocycles. The number of amides is 1. The minimum absolute atomic E-state index is 0.0916. The summed E-state index contributed by atoms with van der Waals surface area (Å²) in [6.07, 6.45) is 1.53. The number of fused-ring (bicyclic) bond motifs is 1. The van der Waals surface area contributed by atoms with Gasteiger partial charge in [-0.05, 0) is 43.3 Å². The molecule has 1 aliphatic heterocycles. The van der Waals surface area contributed by atoms with Crippen LogP contribution in [0.4, 0.5) is 17.2 Å². The molecule has 2 aromatic carbocycles. The summed E-state index contributed by atoms with van der Waals surface area (Å²) in [5.41, 5.74) is 3.92. The molecular weight excluding hydrogens is 366 g/mol. The normalized spacial score (nSPS) is 14.1. The lowest BCUT2D eigenvalue weighted by molar-refractivity contribution is -0.114. The van der Waals surface area contributed by atoms with Gasteiger partial charge < -0.3 is 19.9 Å². The topological polar surface area (TPSA) is 70.6 Å². The number of hydrogen-bond acceptors (Lipinski definition) is 6. The monoisotopic (exact) mass is 391 g/mol. The molecule has 150 valence electrons. The molecule has 0 atom stereocenters. The quantitative estimate of drug-likeness (QED) is 0.721. The highest BCUT2D eigenvalue weighted by atomic mass is 16.5. The Morgan fingerprint density at radius 3 is 2.66 bits per heavy atom. The maximum Gasteiger partial charge on any atom is 0.243 e. The number of likely N-dealkylation sites (N-methyl/N-ethyl adjacent to an activating group) is 1. The van der Waals surface area contributed by atoms with Gasteiger partial charge in [0.05, 0.1) is 25.3 Å². The van der Waals surface area contributed by atoms with Gasteiger partial charge in [-0.3, -0.25) is 4.79 Å². The van der Waals surface area contributed by atoms with Crippen LogP contribution >= 0.6 is 0 Å². The summed E-state index contributed by atoms with van der Waals surface area (Å²) in [5.74, 6) is 0.655. The van der Waals surface area contributed by atoms with Crippen molar-refractivity contribution in [1.82, 2.24) is 9.97 Å². The summed E-state index contributed by atoms with van der Waals surface area (Å²) in [7, 11) is 1.87. The largest absolute Gasteiger partial charge is 0.378 e. The molecule has 0 radical (unpaired) electrons. The van der Waals surface area contributed by atoms with E-state index in [4.69, 9.17) is 4.74 Å². The fourth-order valence-electron chi connectivity index (χ4n) is 3.53. The molecule has 0 spiro atoms. The number of ether oxygens (including phenoxy) is 1. The van der Waals surface area contributed by atoms with Gasteiger partial charge in [0.2, 0.25) is 5.91 Å². The third-order valence-corrected chi connectivity index (χ3v) is 5.04. The molecule has 7 nitrogen and oxygen atoms in total. The molecule has 1 fully saturated rings. The number of benzene rings is 2. The minimum Gasteiger partial charge on any atom is -0.378 e. The van der Waals surface area contributed by atoms with Gasteiger partial charge in [0.1, 0.15) is 12.1 Å². The number of nitrogens with one attached hydrogen (secondary N) is 1. The summed E-state index contributed by atoms with van der Waals surface area (Å²) in [6, 6.07) is 14.0. The molecule has 0 saturated carbocycles. The van der Waals surface area contributed by atoms with Crippen LogP contribution in [0.15, 0.2) is 48.8 Å². The van der Waals surface area contributed by atoms with E-state index in [0.29, 0.717) is 0 Å². The van der Waals surface area contributed by atoms with Gasteiger partial charge in [-0.2, -0.15) is 0 Å². The summed E-state index contributed by atoms with van der Waals surface area (Å²) >= 11 is 0. The van der Waals surface area contributed by atoms with E-state index >= 15 is 0 Å². The summed E-state index contributed by atoms with van der Waals surface area (Å²) < 4.78 is 5.39. The summed E-state index contributed by atoms with van der Waals surface area (Å²) in [5, 5.41) is 3.91. The van der Waals surface area contributed by atoms with Crippen LogP contribution in [0.1, 0.15) is 5.56 Å². The van der Waals surface area contributed by atoms with E-state index in [1.807, 2.05) is 61.3 Å². The van der Waals surface area contributed by atoms with Crippen molar-refractivity contribution in [3.63, 3.8) is 0 Å². The second-order valence-electron chi connectivity index (χ2n) is 7.27. The summed E-state index contributed by atoms with van der Waals surface area (Å²) in [4.78, 5) is 25.4. The number of aryl methyl sites for hydroxylation is 1. The first-order valence-corrected chi connectivity index (χ1v) is 9.75.